The van der Waals surface area contributed by atoms with Gasteiger partial charge in [0.2, 0.25) is 0 Å². The van der Waals surface area contributed by atoms with Gasteiger partial charge in [-0.3, -0.25) is 14.4 Å². The minimum absolute atomic E-state index is 0.101. The van der Waals surface area contributed by atoms with Gasteiger partial charge in [0, 0.05) is 19.3 Å². The molecule has 0 fully saturated rings. The highest BCUT2D eigenvalue weighted by Gasteiger charge is 2.19. The van der Waals surface area contributed by atoms with E-state index >= 15 is 0 Å². The molecule has 0 spiro atoms. The monoisotopic (exact) mass is 891 g/mol. The van der Waals surface area contributed by atoms with E-state index in [0.29, 0.717) is 19.3 Å². The number of hydrogen-bond donors (Lipinski definition) is 0. The molecule has 366 valence electrons. The van der Waals surface area contributed by atoms with Crippen LogP contribution in [0.3, 0.4) is 0 Å². The molecule has 1 atom stereocenters. The van der Waals surface area contributed by atoms with Crippen molar-refractivity contribution in [3.8, 4) is 0 Å². The third-order valence-electron chi connectivity index (χ3n) is 11.1. The average molecular weight is 891 g/mol. The van der Waals surface area contributed by atoms with E-state index in [1.54, 1.807) is 0 Å². The second kappa shape index (κ2) is 52.2. The summed E-state index contributed by atoms with van der Waals surface area (Å²) in [5, 5.41) is 0. The van der Waals surface area contributed by atoms with Crippen molar-refractivity contribution in [2.24, 2.45) is 0 Å². The van der Waals surface area contributed by atoms with Gasteiger partial charge in [-0.1, -0.05) is 228 Å². The van der Waals surface area contributed by atoms with Gasteiger partial charge in [-0.15, -0.1) is 0 Å². The first kappa shape index (κ1) is 60.6. The smallest absolute Gasteiger partial charge is 0.306 e. The minimum Gasteiger partial charge on any atom is -0.462 e. The van der Waals surface area contributed by atoms with Gasteiger partial charge < -0.3 is 14.2 Å². The zero-order chi connectivity index (χ0) is 46.5. The molecule has 0 aromatic rings. The van der Waals surface area contributed by atoms with Crippen molar-refractivity contribution in [3.63, 3.8) is 0 Å². The Bertz CT molecular complexity index is 1250. The molecule has 6 heteroatoms. The summed E-state index contributed by atoms with van der Waals surface area (Å²) in [6.07, 6.45) is 67.2. The zero-order valence-corrected chi connectivity index (χ0v) is 41.8. The maximum atomic E-state index is 12.8. The van der Waals surface area contributed by atoms with Crippen LogP contribution in [-0.4, -0.2) is 37.2 Å². The molecule has 0 aliphatic carbocycles. The number of unbranched alkanes of at least 4 members (excludes halogenated alkanes) is 22. The summed E-state index contributed by atoms with van der Waals surface area (Å²) in [5.74, 6) is -0.991. The highest BCUT2D eigenvalue weighted by atomic mass is 16.6. The van der Waals surface area contributed by atoms with Crippen molar-refractivity contribution in [3.05, 3.63) is 85.1 Å². The quantitative estimate of drug-likeness (QED) is 0.0262. The highest BCUT2D eigenvalue weighted by Crippen LogP contribution is 2.15. The van der Waals surface area contributed by atoms with E-state index in [0.717, 1.165) is 77.0 Å². The lowest BCUT2D eigenvalue weighted by molar-refractivity contribution is -0.166. The van der Waals surface area contributed by atoms with E-state index in [1.807, 2.05) is 6.08 Å². The fourth-order valence-electron chi connectivity index (χ4n) is 7.17. The second-order valence-electron chi connectivity index (χ2n) is 17.4. The van der Waals surface area contributed by atoms with Crippen molar-refractivity contribution < 1.29 is 28.6 Å². The van der Waals surface area contributed by atoms with Gasteiger partial charge >= 0.3 is 17.9 Å². The lowest BCUT2D eigenvalue weighted by Gasteiger charge is -2.18. The van der Waals surface area contributed by atoms with E-state index in [2.05, 4.69) is 99.8 Å². The summed E-state index contributed by atoms with van der Waals surface area (Å²) in [7, 11) is 0. The Kier molecular flexibility index (Phi) is 49.4. The number of carbonyl (C=O) groups is 3. The summed E-state index contributed by atoms with van der Waals surface area (Å²) in [6, 6.07) is 0. The first-order chi connectivity index (χ1) is 31.5. The average Bonchev–Trinajstić information content (AvgIpc) is 3.29. The molecule has 6 nitrogen and oxygen atoms in total. The Morgan fingerprint density at radius 3 is 1.06 bits per heavy atom. The van der Waals surface area contributed by atoms with Crippen LogP contribution in [-0.2, 0) is 28.6 Å². The molecule has 0 amide bonds. The van der Waals surface area contributed by atoms with Crippen LogP contribution in [0.2, 0.25) is 0 Å². The Morgan fingerprint density at radius 2 is 0.641 bits per heavy atom. The second-order valence-corrected chi connectivity index (χ2v) is 17.4. The van der Waals surface area contributed by atoms with Gasteiger partial charge in [-0.2, -0.15) is 0 Å². The van der Waals surface area contributed by atoms with Crippen LogP contribution in [0.1, 0.15) is 245 Å². The van der Waals surface area contributed by atoms with Crippen LogP contribution >= 0.6 is 0 Å². The molecule has 0 saturated heterocycles. The van der Waals surface area contributed by atoms with Crippen molar-refractivity contribution in [2.45, 2.75) is 252 Å². The third-order valence-corrected chi connectivity index (χ3v) is 11.1. The fraction of sp³-hybridized carbons (Fsp3) is 0.707. The van der Waals surface area contributed by atoms with E-state index in [4.69, 9.17) is 14.2 Å². The first-order valence-electron chi connectivity index (χ1n) is 26.6. The Hall–Kier alpha value is -3.41. The Balaban J connectivity index is 4.48. The number of ether oxygens (including phenoxy) is 3. The largest absolute Gasteiger partial charge is 0.462 e. The lowest BCUT2D eigenvalue weighted by atomic mass is 10.0. The first-order valence-corrected chi connectivity index (χ1v) is 26.6. The molecule has 0 aromatic heterocycles. The lowest BCUT2D eigenvalue weighted by Crippen LogP contribution is -2.30. The van der Waals surface area contributed by atoms with Crippen molar-refractivity contribution in [2.75, 3.05) is 13.2 Å². The summed E-state index contributed by atoms with van der Waals surface area (Å²) < 4.78 is 16.7. The molecule has 64 heavy (non-hydrogen) atoms. The van der Waals surface area contributed by atoms with Gasteiger partial charge in [0.25, 0.3) is 0 Å². The van der Waals surface area contributed by atoms with E-state index in [-0.39, 0.29) is 37.5 Å². The summed E-state index contributed by atoms with van der Waals surface area (Å²) in [5.41, 5.74) is 0. The molecule has 0 rings (SSSR count). The number of rotatable bonds is 47. The predicted molar refractivity (Wildman–Crippen MR) is 274 cm³/mol. The molecule has 0 saturated carbocycles. The van der Waals surface area contributed by atoms with Crippen molar-refractivity contribution in [1.29, 1.82) is 0 Å². The molecule has 0 heterocycles. The third kappa shape index (κ3) is 49.6. The van der Waals surface area contributed by atoms with Crippen LogP contribution in [0, 0.1) is 0 Å². The SMILES string of the molecule is CC/C=C\C/C=C\C/C=C\C/C=C\C/C=C\C/C=C\CCC(=O)OC[C@H](COC(=O)CCCCCCCCC/C=C\CCCCCC)OC(=O)CCCCCCCCCCCCCC. The molecular formula is C58H98O6. The Labute approximate surface area is 395 Å². The number of carbonyl (C=O) groups excluding carboxylic acids is 3. The molecule has 0 aromatic carbocycles. The summed E-state index contributed by atoms with van der Waals surface area (Å²) >= 11 is 0. The van der Waals surface area contributed by atoms with Crippen LogP contribution in [0.5, 0.6) is 0 Å². The van der Waals surface area contributed by atoms with E-state index < -0.39 is 6.10 Å². The van der Waals surface area contributed by atoms with Gasteiger partial charge in [0.1, 0.15) is 13.2 Å². The van der Waals surface area contributed by atoms with Crippen LogP contribution in [0.4, 0.5) is 0 Å². The minimum atomic E-state index is -0.806. The van der Waals surface area contributed by atoms with Gasteiger partial charge in [-0.25, -0.2) is 0 Å². The maximum absolute atomic E-state index is 12.8. The normalized spacial score (nSPS) is 12.7. The van der Waals surface area contributed by atoms with Crippen LogP contribution in [0.25, 0.3) is 0 Å². The standard InChI is InChI=1S/C58H98O6/c1-4-7-10-13-16-19-22-25-27-28-29-30-32-34-37-39-42-45-48-51-57(60)63-54-55(64-58(61)52-49-46-43-40-35-24-21-18-15-12-9-6-3)53-62-56(59)50-47-44-41-38-36-33-31-26-23-20-17-14-11-8-5-2/h7,10,16,19-20,23,25,27,29-30,34,37,42,45,55H,4-6,8-9,11-15,17-18,21-22,24,26,28,31-33,35-36,38-41,43-44,46-54H2,1-3H3/b10-7-,19-16-,23-20-,27-25-,30-29-,37-34-,45-42-/t55-/m0/s1. The fourth-order valence-corrected chi connectivity index (χ4v) is 7.17. The molecule has 0 bridgehead atoms. The maximum Gasteiger partial charge on any atom is 0.306 e. The molecule has 0 aliphatic rings. The van der Waals surface area contributed by atoms with Crippen LogP contribution in [0.15, 0.2) is 85.1 Å². The molecule has 0 unspecified atom stereocenters. The predicted octanol–water partition coefficient (Wildman–Crippen LogP) is 17.6. The molecule has 0 aliphatic heterocycles. The Morgan fingerprint density at radius 1 is 0.328 bits per heavy atom. The number of esters is 3. The highest BCUT2D eigenvalue weighted by molar-refractivity contribution is 5.71. The molecular weight excluding hydrogens is 793 g/mol. The van der Waals surface area contributed by atoms with E-state index in [9.17, 15) is 14.4 Å². The molecule has 0 radical (unpaired) electrons. The number of hydrogen-bond acceptors (Lipinski definition) is 6. The van der Waals surface area contributed by atoms with Crippen LogP contribution < -0.4 is 0 Å². The zero-order valence-electron chi connectivity index (χ0n) is 41.8. The van der Waals surface area contributed by atoms with Gasteiger partial charge in [-0.05, 0) is 83.5 Å². The van der Waals surface area contributed by atoms with Gasteiger partial charge in [0.05, 0.1) is 0 Å². The number of allylic oxidation sites excluding steroid dienone is 14. The summed E-state index contributed by atoms with van der Waals surface area (Å²) in [4.78, 5) is 38.0. The topological polar surface area (TPSA) is 78.9 Å². The van der Waals surface area contributed by atoms with Crippen molar-refractivity contribution >= 4 is 17.9 Å². The van der Waals surface area contributed by atoms with Crippen molar-refractivity contribution in [1.82, 2.24) is 0 Å². The summed E-state index contributed by atoms with van der Waals surface area (Å²) in [6.45, 7) is 6.44. The van der Waals surface area contributed by atoms with E-state index in [1.165, 1.54) is 122 Å². The molecule has 0 N–H and O–H groups in total. The van der Waals surface area contributed by atoms with Gasteiger partial charge in [0.15, 0.2) is 6.10 Å².